The van der Waals surface area contributed by atoms with Gasteiger partial charge in [0.05, 0.1) is 11.5 Å². The van der Waals surface area contributed by atoms with Crippen LogP contribution in [0.2, 0.25) is 0 Å². The van der Waals surface area contributed by atoms with Crippen LogP contribution >= 0.6 is 0 Å². The molecule has 2 rings (SSSR count). The first-order valence-electron chi connectivity index (χ1n) is 5.89. The van der Waals surface area contributed by atoms with Crippen LogP contribution in [0.15, 0.2) is 24.3 Å². The minimum atomic E-state index is -2.83. The Labute approximate surface area is 107 Å². The van der Waals surface area contributed by atoms with Gasteiger partial charge in [-0.15, -0.1) is 0 Å². The summed E-state index contributed by atoms with van der Waals surface area (Å²) < 4.78 is 22.6. The number of rotatable bonds is 3. The third-order valence-electron chi connectivity index (χ3n) is 3.13. The fraction of sp³-hybridized carbons (Fsp3) is 0.455. The summed E-state index contributed by atoms with van der Waals surface area (Å²) in [4.78, 5) is 0. The molecule has 0 amide bonds. The van der Waals surface area contributed by atoms with Crippen LogP contribution in [0.25, 0.3) is 0 Å². The second-order valence-electron chi connectivity index (χ2n) is 4.57. The van der Waals surface area contributed by atoms with Crippen LogP contribution in [0.4, 0.5) is 5.69 Å². The van der Waals surface area contributed by atoms with Gasteiger partial charge in [-0.05, 0) is 30.4 Å². The Kier molecular flexibility index (Phi) is 3.94. The van der Waals surface area contributed by atoms with E-state index >= 15 is 0 Å². The van der Waals surface area contributed by atoms with Gasteiger partial charge in [0.15, 0.2) is 0 Å². The number of hydrogen-bond donors (Lipinski definition) is 3. The first kappa shape index (κ1) is 13.4. The summed E-state index contributed by atoms with van der Waals surface area (Å²) in [5, 5.41) is 21.2. The van der Waals surface area contributed by atoms with Crippen molar-refractivity contribution in [3.63, 3.8) is 0 Å². The molecule has 0 radical (unpaired) electrons. The molecule has 0 aliphatic carbocycles. The van der Waals surface area contributed by atoms with Crippen molar-refractivity contribution < 1.29 is 18.5 Å². The van der Waals surface area contributed by atoms with Gasteiger partial charge in [-0.1, -0.05) is 12.1 Å². The first-order chi connectivity index (χ1) is 8.46. The van der Waals surface area contributed by atoms with Crippen LogP contribution in [0.3, 0.4) is 0 Å². The van der Waals surface area contributed by atoms with E-state index in [1.165, 1.54) is 0 Å². The zero-order valence-electron chi connectivity index (χ0n) is 9.91. The van der Waals surface area contributed by atoms with Gasteiger partial charge in [0.25, 0.3) is 0 Å². The molecular weight excluding hydrogens is 253 g/mol. The predicted octanol–water partition coefficient (Wildman–Crippen LogP) is -0.645. The van der Waals surface area contributed by atoms with Crippen molar-refractivity contribution >= 4 is 28.1 Å². The lowest BCUT2D eigenvalue weighted by Gasteiger charge is -2.24. The van der Waals surface area contributed by atoms with Gasteiger partial charge < -0.3 is 15.4 Å². The Hall–Kier alpha value is -1.05. The van der Waals surface area contributed by atoms with Gasteiger partial charge >= 0.3 is 7.12 Å². The molecular formula is C11H16BNO4S. The number of anilines is 1. The molecule has 0 saturated carbocycles. The van der Waals surface area contributed by atoms with E-state index in [0.717, 1.165) is 5.69 Å². The van der Waals surface area contributed by atoms with Crippen LogP contribution in [-0.2, 0) is 9.84 Å². The van der Waals surface area contributed by atoms with Gasteiger partial charge in [-0.3, -0.25) is 0 Å². The van der Waals surface area contributed by atoms with Crippen molar-refractivity contribution in [2.75, 3.05) is 16.8 Å². The zero-order valence-corrected chi connectivity index (χ0v) is 10.7. The summed E-state index contributed by atoms with van der Waals surface area (Å²) in [6.45, 7) is 0. The second-order valence-corrected chi connectivity index (χ2v) is 6.87. The maximum Gasteiger partial charge on any atom is 0.488 e. The molecule has 3 N–H and O–H groups in total. The van der Waals surface area contributed by atoms with Crippen molar-refractivity contribution in [2.45, 2.75) is 18.9 Å². The average molecular weight is 269 g/mol. The van der Waals surface area contributed by atoms with Gasteiger partial charge in [0, 0.05) is 11.7 Å². The van der Waals surface area contributed by atoms with Gasteiger partial charge in [-0.25, -0.2) is 8.42 Å². The van der Waals surface area contributed by atoms with Crippen LogP contribution in [-0.4, -0.2) is 43.1 Å². The summed E-state index contributed by atoms with van der Waals surface area (Å²) in [6.07, 6.45) is 1.24. The molecule has 1 aromatic rings. The van der Waals surface area contributed by atoms with Crippen LogP contribution in [0, 0.1) is 0 Å². The molecule has 1 fully saturated rings. The molecule has 1 aliphatic rings. The molecule has 0 spiro atoms. The molecule has 7 heteroatoms. The van der Waals surface area contributed by atoms with Crippen molar-refractivity contribution in [1.29, 1.82) is 0 Å². The SMILES string of the molecule is O=S1(=O)CCC(Nc2ccc(B(O)O)cc2)CC1. The standard InChI is InChI=1S/C11H16BNO4S/c14-12(15)9-1-3-10(4-2-9)13-11-5-7-18(16,17)8-6-11/h1-4,11,13-15H,5-8H2. The Bertz CT molecular complexity index is 486. The number of sulfone groups is 1. The molecule has 1 aliphatic heterocycles. The smallest absolute Gasteiger partial charge is 0.423 e. The van der Waals surface area contributed by atoms with Crippen LogP contribution in [0.5, 0.6) is 0 Å². The fourth-order valence-corrected chi connectivity index (χ4v) is 3.51. The topological polar surface area (TPSA) is 86.6 Å². The number of nitrogens with one attached hydrogen (secondary N) is 1. The normalized spacial score (nSPS) is 19.4. The van der Waals surface area contributed by atoms with Crippen LogP contribution < -0.4 is 10.8 Å². The molecule has 18 heavy (non-hydrogen) atoms. The molecule has 0 aromatic heterocycles. The summed E-state index contributed by atoms with van der Waals surface area (Å²) in [7, 11) is -4.29. The molecule has 1 heterocycles. The van der Waals surface area contributed by atoms with Gasteiger partial charge in [0.2, 0.25) is 0 Å². The summed E-state index contributed by atoms with van der Waals surface area (Å²) in [5.74, 6) is 0.468. The van der Waals surface area contributed by atoms with E-state index in [4.69, 9.17) is 10.0 Å². The lowest BCUT2D eigenvalue weighted by atomic mass is 9.80. The summed E-state index contributed by atoms with van der Waals surface area (Å²) >= 11 is 0. The van der Waals surface area contributed by atoms with Crippen molar-refractivity contribution in [2.24, 2.45) is 0 Å². The van der Waals surface area contributed by atoms with Crippen molar-refractivity contribution in [3.05, 3.63) is 24.3 Å². The lowest BCUT2D eigenvalue weighted by molar-refractivity contribution is 0.426. The second kappa shape index (κ2) is 5.30. The Morgan fingerprint density at radius 1 is 1.11 bits per heavy atom. The van der Waals surface area contributed by atoms with Crippen molar-refractivity contribution in [1.82, 2.24) is 0 Å². The minimum Gasteiger partial charge on any atom is -0.423 e. The van der Waals surface area contributed by atoms with E-state index in [2.05, 4.69) is 5.32 Å². The molecule has 1 aromatic carbocycles. The van der Waals surface area contributed by atoms with Gasteiger partial charge in [-0.2, -0.15) is 0 Å². The van der Waals surface area contributed by atoms with Crippen molar-refractivity contribution in [3.8, 4) is 0 Å². The fourth-order valence-electron chi connectivity index (χ4n) is 2.02. The highest BCUT2D eigenvalue weighted by Crippen LogP contribution is 2.17. The van der Waals surface area contributed by atoms with E-state index in [-0.39, 0.29) is 17.5 Å². The molecule has 1 saturated heterocycles. The molecule has 5 nitrogen and oxygen atoms in total. The maximum atomic E-state index is 11.3. The lowest BCUT2D eigenvalue weighted by Crippen LogP contribution is -2.32. The van der Waals surface area contributed by atoms with E-state index < -0.39 is 17.0 Å². The van der Waals surface area contributed by atoms with Crippen LogP contribution in [0.1, 0.15) is 12.8 Å². The minimum absolute atomic E-state index is 0.165. The average Bonchev–Trinajstić information content (AvgIpc) is 2.33. The number of hydrogen-bond acceptors (Lipinski definition) is 5. The van der Waals surface area contributed by atoms with E-state index in [9.17, 15) is 8.42 Å². The summed E-state index contributed by atoms with van der Waals surface area (Å²) in [5.41, 5.74) is 1.30. The third kappa shape index (κ3) is 3.47. The Balaban J connectivity index is 1.94. The maximum absolute atomic E-state index is 11.3. The molecule has 0 unspecified atom stereocenters. The third-order valence-corrected chi connectivity index (χ3v) is 4.85. The largest absolute Gasteiger partial charge is 0.488 e. The Morgan fingerprint density at radius 2 is 1.67 bits per heavy atom. The summed E-state index contributed by atoms with van der Waals surface area (Å²) in [6, 6.07) is 6.95. The quantitative estimate of drug-likeness (QED) is 0.635. The number of benzene rings is 1. The predicted molar refractivity (Wildman–Crippen MR) is 71.6 cm³/mol. The first-order valence-corrected chi connectivity index (χ1v) is 7.71. The molecule has 0 atom stereocenters. The molecule has 98 valence electrons. The monoisotopic (exact) mass is 269 g/mol. The highest BCUT2D eigenvalue weighted by molar-refractivity contribution is 7.91. The highest BCUT2D eigenvalue weighted by Gasteiger charge is 2.23. The van der Waals surface area contributed by atoms with Gasteiger partial charge in [0.1, 0.15) is 9.84 Å². The van der Waals surface area contributed by atoms with E-state index in [1.54, 1.807) is 24.3 Å². The zero-order chi connectivity index (χ0) is 13.2. The van der Waals surface area contributed by atoms with E-state index in [1.807, 2.05) is 0 Å². The highest BCUT2D eigenvalue weighted by atomic mass is 32.2. The molecule has 0 bridgehead atoms. The van der Waals surface area contributed by atoms with E-state index in [0.29, 0.717) is 18.3 Å². The Morgan fingerprint density at radius 3 is 2.17 bits per heavy atom.